The highest BCUT2D eigenvalue weighted by Gasteiger charge is 2.75. The van der Waals surface area contributed by atoms with Crippen molar-refractivity contribution in [2.45, 2.75) is 91.9 Å². The molecule has 0 fully saturated rings. The van der Waals surface area contributed by atoms with E-state index in [1.165, 1.54) is 6.92 Å². The molecular formula is C19H30F8O2. The van der Waals surface area contributed by atoms with E-state index >= 15 is 0 Å². The summed E-state index contributed by atoms with van der Waals surface area (Å²) in [6.45, 7) is 9.52. The van der Waals surface area contributed by atoms with Crippen molar-refractivity contribution in [3.05, 3.63) is 0 Å². The second-order valence-electron chi connectivity index (χ2n) is 9.04. The molecule has 0 radical (unpaired) electrons. The summed E-state index contributed by atoms with van der Waals surface area (Å²) in [7, 11) is 0. The van der Waals surface area contributed by atoms with Crippen molar-refractivity contribution in [1.29, 1.82) is 0 Å². The number of carbonyl (C=O) groups is 1. The van der Waals surface area contributed by atoms with Crippen LogP contribution in [0.25, 0.3) is 0 Å². The van der Waals surface area contributed by atoms with Crippen LogP contribution in [-0.2, 0) is 9.53 Å². The van der Waals surface area contributed by atoms with Crippen LogP contribution < -0.4 is 0 Å². The van der Waals surface area contributed by atoms with Gasteiger partial charge in [-0.25, -0.2) is 8.78 Å². The van der Waals surface area contributed by atoms with Crippen molar-refractivity contribution in [2.24, 2.45) is 16.2 Å². The summed E-state index contributed by atoms with van der Waals surface area (Å²) in [4.78, 5) is 12.7. The minimum Gasteiger partial charge on any atom is -0.459 e. The molecule has 2 nitrogen and oxygen atoms in total. The Hall–Kier alpha value is -1.09. The summed E-state index contributed by atoms with van der Waals surface area (Å²) >= 11 is 0. The summed E-state index contributed by atoms with van der Waals surface area (Å²) in [5, 5.41) is 0. The Bertz CT molecular complexity index is 573. The molecule has 0 rings (SSSR count). The fourth-order valence-corrected chi connectivity index (χ4v) is 2.85. The van der Waals surface area contributed by atoms with Gasteiger partial charge in [0.25, 0.3) is 0 Å². The molecule has 0 aliphatic rings. The smallest absolute Gasteiger partial charge is 0.381 e. The SMILES string of the molecule is CCC(C)(C)CC(C)(C(=O)OCC(F)(F)C(F)(F)C(F)(F)C(F)F)C(C)(C)CC. The number of ether oxygens (including phenoxy) is 1. The lowest BCUT2D eigenvalue weighted by molar-refractivity contribution is -0.344. The molecule has 0 aromatic carbocycles. The fourth-order valence-electron chi connectivity index (χ4n) is 2.85. The number of carbonyl (C=O) groups excluding carboxylic acids is 1. The Labute approximate surface area is 166 Å². The second-order valence-corrected chi connectivity index (χ2v) is 9.04. The predicted octanol–water partition coefficient (Wildman–Crippen LogP) is 6.97. The zero-order chi connectivity index (χ0) is 23.7. The van der Waals surface area contributed by atoms with E-state index in [9.17, 15) is 39.9 Å². The van der Waals surface area contributed by atoms with Crippen LogP contribution in [0.3, 0.4) is 0 Å². The Morgan fingerprint density at radius 3 is 1.66 bits per heavy atom. The van der Waals surface area contributed by atoms with E-state index in [4.69, 9.17) is 0 Å². The Morgan fingerprint density at radius 2 is 1.31 bits per heavy atom. The fraction of sp³-hybridized carbons (Fsp3) is 0.947. The van der Waals surface area contributed by atoms with Gasteiger partial charge in [-0.3, -0.25) is 4.79 Å². The maximum absolute atomic E-state index is 13.7. The van der Waals surface area contributed by atoms with Crippen LogP contribution in [0.5, 0.6) is 0 Å². The maximum Gasteiger partial charge on any atom is 0.381 e. The average Bonchev–Trinajstić information content (AvgIpc) is 2.58. The van der Waals surface area contributed by atoms with Crippen LogP contribution in [-0.4, -0.2) is 36.8 Å². The van der Waals surface area contributed by atoms with Crippen LogP contribution in [0.2, 0.25) is 0 Å². The molecule has 0 heterocycles. The molecule has 174 valence electrons. The number of hydrogen-bond donors (Lipinski definition) is 0. The molecule has 0 N–H and O–H groups in total. The van der Waals surface area contributed by atoms with Crippen molar-refractivity contribution in [3.8, 4) is 0 Å². The number of esters is 1. The van der Waals surface area contributed by atoms with Crippen molar-refractivity contribution in [2.75, 3.05) is 6.61 Å². The van der Waals surface area contributed by atoms with Crippen LogP contribution in [0, 0.1) is 16.2 Å². The molecule has 0 spiro atoms. The Kier molecular flexibility index (Phi) is 8.25. The quantitative estimate of drug-likeness (QED) is 0.255. The molecule has 29 heavy (non-hydrogen) atoms. The topological polar surface area (TPSA) is 26.3 Å². The van der Waals surface area contributed by atoms with Crippen LogP contribution in [0.1, 0.15) is 67.7 Å². The Morgan fingerprint density at radius 1 is 0.862 bits per heavy atom. The summed E-state index contributed by atoms with van der Waals surface area (Å²) in [5.41, 5.74) is -2.69. The summed E-state index contributed by atoms with van der Waals surface area (Å²) in [5.74, 6) is -19.7. The number of alkyl halides is 8. The third kappa shape index (κ3) is 5.34. The molecule has 0 aliphatic heterocycles. The lowest BCUT2D eigenvalue weighted by Crippen LogP contribution is -2.59. The highest BCUT2D eigenvalue weighted by Crippen LogP contribution is 2.52. The van der Waals surface area contributed by atoms with Crippen LogP contribution >= 0.6 is 0 Å². The van der Waals surface area contributed by atoms with Gasteiger partial charge in [0, 0.05) is 0 Å². The zero-order valence-electron chi connectivity index (χ0n) is 17.7. The molecule has 0 saturated carbocycles. The third-order valence-corrected chi connectivity index (χ3v) is 6.15. The largest absolute Gasteiger partial charge is 0.459 e. The Balaban J connectivity index is 5.80. The minimum absolute atomic E-state index is 0.144. The molecule has 0 saturated heterocycles. The zero-order valence-corrected chi connectivity index (χ0v) is 17.7. The van der Waals surface area contributed by atoms with E-state index in [1.807, 2.05) is 20.8 Å². The highest BCUT2D eigenvalue weighted by atomic mass is 19.4. The number of hydrogen-bond acceptors (Lipinski definition) is 2. The van der Waals surface area contributed by atoms with E-state index < -0.39 is 53.0 Å². The van der Waals surface area contributed by atoms with E-state index in [-0.39, 0.29) is 6.42 Å². The molecule has 1 atom stereocenters. The minimum atomic E-state index is -6.41. The molecule has 1 unspecified atom stereocenters. The summed E-state index contributed by atoms with van der Waals surface area (Å²) < 4.78 is 109. The molecule has 0 bridgehead atoms. The van der Waals surface area contributed by atoms with Crippen LogP contribution in [0.4, 0.5) is 35.1 Å². The lowest BCUT2D eigenvalue weighted by Gasteiger charge is -2.46. The maximum atomic E-state index is 13.7. The normalized spacial score (nSPS) is 16.7. The van der Waals surface area contributed by atoms with Gasteiger partial charge in [-0.2, -0.15) is 26.3 Å². The van der Waals surface area contributed by atoms with Crippen molar-refractivity contribution < 1.29 is 44.7 Å². The molecule has 0 aliphatic carbocycles. The van der Waals surface area contributed by atoms with Gasteiger partial charge in [0.15, 0.2) is 6.61 Å². The third-order valence-electron chi connectivity index (χ3n) is 6.15. The van der Waals surface area contributed by atoms with Gasteiger partial charge in [-0.1, -0.05) is 48.0 Å². The first-order valence-electron chi connectivity index (χ1n) is 9.24. The first kappa shape index (κ1) is 27.9. The summed E-state index contributed by atoms with van der Waals surface area (Å²) in [6.07, 6.45) is -3.88. The average molecular weight is 442 g/mol. The molecule has 0 aromatic heterocycles. The first-order chi connectivity index (χ1) is 12.6. The van der Waals surface area contributed by atoms with Gasteiger partial charge in [-0.05, 0) is 30.6 Å². The van der Waals surface area contributed by atoms with E-state index in [0.29, 0.717) is 12.8 Å². The van der Waals surface area contributed by atoms with E-state index in [0.717, 1.165) is 0 Å². The highest BCUT2D eigenvalue weighted by molar-refractivity contribution is 5.77. The van der Waals surface area contributed by atoms with Crippen molar-refractivity contribution >= 4 is 5.97 Å². The first-order valence-corrected chi connectivity index (χ1v) is 9.24. The van der Waals surface area contributed by atoms with Gasteiger partial charge < -0.3 is 4.74 Å². The van der Waals surface area contributed by atoms with Gasteiger partial charge in [-0.15, -0.1) is 0 Å². The molecule has 0 aromatic rings. The number of rotatable bonds is 11. The summed E-state index contributed by atoms with van der Waals surface area (Å²) in [6, 6.07) is 0. The monoisotopic (exact) mass is 442 g/mol. The molecular weight excluding hydrogens is 412 g/mol. The van der Waals surface area contributed by atoms with Gasteiger partial charge >= 0.3 is 30.2 Å². The standard InChI is InChI=1S/C19H30F8O2/c1-8-14(3,4)10-16(7,15(5,6)9-2)13(28)29-11-17(22,23)19(26,27)18(24,25)12(20)21/h12H,8-11H2,1-7H3. The number of halogens is 8. The predicted molar refractivity (Wildman–Crippen MR) is 92.7 cm³/mol. The van der Waals surface area contributed by atoms with Crippen molar-refractivity contribution in [1.82, 2.24) is 0 Å². The van der Waals surface area contributed by atoms with Gasteiger partial charge in [0.05, 0.1) is 5.41 Å². The van der Waals surface area contributed by atoms with Gasteiger partial charge in [0.1, 0.15) is 0 Å². The van der Waals surface area contributed by atoms with Crippen molar-refractivity contribution in [3.63, 3.8) is 0 Å². The second kappa shape index (κ2) is 8.57. The van der Waals surface area contributed by atoms with Gasteiger partial charge in [0.2, 0.25) is 0 Å². The van der Waals surface area contributed by atoms with E-state index in [1.54, 1.807) is 20.8 Å². The molecule has 0 amide bonds. The van der Waals surface area contributed by atoms with Crippen LogP contribution in [0.15, 0.2) is 0 Å². The lowest BCUT2D eigenvalue weighted by atomic mass is 9.58. The van der Waals surface area contributed by atoms with E-state index in [2.05, 4.69) is 4.74 Å². The molecule has 10 heteroatoms.